The van der Waals surface area contributed by atoms with Gasteiger partial charge in [0.2, 0.25) is 0 Å². The standard InChI is InChI=1S/C14H19N3O/c1-10-9-18-13(17-14(2,3)4)16-12(10)11-6-5-7-15-8-11/h5-8H,9H2,1-4H3,(H,16,17). The summed E-state index contributed by atoms with van der Waals surface area (Å²) < 4.78 is 5.58. The van der Waals surface area contributed by atoms with Gasteiger partial charge in [-0.15, -0.1) is 0 Å². The minimum atomic E-state index is -0.159. The topological polar surface area (TPSA) is 46.5 Å². The molecule has 0 aliphatic carbocycles. The number of hydrogen-bond acceptors (Lipinski definition) is 3. The molecule has 0 fully saturated rings. The van der Waals surface area contributed by atoms with Gasteiger partial charge in [-0.1, -0.05) is 0 Å². The molecule has 0 radical (unpaired) electrons. The fourth-order valence-electron chi connectivity index (χ4n) is 1.69. The molecular formula is C14H19N3O. The van der Waals surface area contributed by atoms with E-state index < -0.39 is 0 Å². The van der Waals surface area contributed by atoms with Crippen LogP contribution in [-0.2, 0) is 4.74 Å². The molecule has 0 atom stereocenters. The number of hydrogen-bond donors (Lipinski definition) is 1. The average molecular weight is 245 g/mol. The second kappa shape index (κ2) is 4.80. The lowest BCUT2D eigenvalue weighted by Crippen LogP contribution is -2.33. The van der Waals surface area contributed by atoms with Crippen LogP contribution < -0.4 is 5.32 Å². The molecule has 0 amide bonds. The van der Waals surface area contributed by atoms with Crippen molar-refractivity contribution in [3.8, 4) is 0 Å². The van der Waals surface area contributed by atoms with Gasteiger partial charge in [-0.25, -0.2) is 4.99 Å². The molecule has 2 heterocycles. The van der Waals surface area contributed by atoms with Crippen LogP contribution in [0, 0.1) is 0 Å². The molecule has 0 unspecified atom stereocenters. The molecular weight excluding hydrogens is 226 g/mol. The van der Waals surface area contributed by atoms with E-state index in [0.717, 1.165) is 16.8 Å². The Kier molecular flexibility index (Phi) is 3.36. The molecule has 1 aliphatic heterocycles. The summed E-state index contributed by atoms with van der Waals surface area (Å²) in [6, 6.07) is 4.53. The smallest absolute Gasteiger partial charge is 0.290 e. The van der Waals surface area contributed by atoms with Crippen molar-refractivity contribution >= 4 is 11.7 Å². The van der Waals surface area contributed by atoms with Crippen molar-refractivity contribution in [2.24, 2.45) is 4.99 Å². The largest absolute Gasteiger partial charge is 0.460 e. The van der Waals surface area contributed by atoms with Crippen LogP contribution in [0.25, 0.3) is 5.70 Å². The van der Waals surface area contributed by atoms with Crippen molar-refractivity contribution in [1.29, 1.82) is 0 Å². The number of aromatic nitrogens is 1. The van der Waals surface area contributed by atoms with E-state index in [9.17, 15) is 0 Å². The first-order chi connectivity index (χ1) is 8.46. The Morgan fingerprint density at radius 3 is 2.78 bits per heavy atom. The third-order valence-electron chi connectivity index (χ3n) is 2.47. The highest BCUT2D eigenvalue weighted by atomic mass is 16.5. The van der Waals surface area contributed by atoms with E-state index in [1.54, 1.807) is 6.20 Å². The SMILES string of the molecule is CC1=C(c2cccnc2)NC(=NC(C)(C)C)OC1. The van der Waals surface area contributed by atoms with E-state index in [-0.39, 0.29) is 5.54 Å². The second-order valence-corrected chi connectivity index (χ2v) is 5.40. The zero-order valence-corrected chi connectivity index (χ0v) is 11.3. The molecule has 18 heavy (non-hydrogen) atoms. The molecule has 0 saturated heterocycles. The molecule has 2 rings (SSSR count). The third kappa shape index (κ3) is 3.09. The second-order valence-electron chi connectivity index (χ2n) is 5.40. The van der Waals surface area contributed by atoms with E-state index in [4.69, 9.17) is 4.74 Å². The van der Waals surface area contributed by atoms with Gasteiger partial charge >= 0.3 is 0 Å². The number of ether oxygens (including phenoxy) is 1. The van der Waals surface area contributed by atoms with Crippen LogP contribution in [0.1, 0.15) is 33.3 Å². The Morgan fingerprint density at radius 1 is 1.39 bits per heavy atom. The van der Waals surface area contributed by atoms with E-state index in [2.05, 4.69) is 15.3 Å². The number of aliphatic imine (C=N–C) groups is 1. The summed E-state index contributed by atoms with van der Waals surface area (Å²) in [6.45, 7) is 8.73. The summed E-state index contributed by atoms with van der Waals surface area (Å²) in [6.07, 6.45) is 3.61. The molecule has 0 spiro atoms. The Labute approximate surface area is 108 Å². The number of nitrogens with one attached hydrogen (secondary N) is 1. The van der Waals surface area contributed by atoms with Crippen molar-refractivity contribution in [1.82, 2.24) is 10.3 Å². The molecule has 0 bridgehead atoms. The van der Waals surface area contributed by atoms with Crippen molar-refractivity contribution in [3.05, 3.63) is 35.7 Å². The number of rotatable bonds is 1. The van der Waals surface area contributed by atoms with Crippen LogP contribution in [0.15, 0.2) is 35.1 Å². The van der Waals surface area contributed by atoms with Crippen LogP contribution >= 0.6 is 0 Å². The minimum absolute atomic E-state index is 0.159. The number of nitrogens with zero attached hydrogens (tertiary/aromatic N) is 2. The summed E-state index contributed by atoms with van der Waals surface area (Å²) in [5.74, 6) is 0. The van der Waals surface area contributed by atoms with Gasteiger partial charge in [-0.05, 0) is 45.4 Å². The maximum absolute atomic E-state index is 5.58. The summed E-state index contributed by atoms with van der Waals surface area (Å²) >= 11 is 0. The number of amidine groups is 1. The van der Waals surface area contributed by atoms with Gasteiger partial charge < -0.3 is 10.1 Å². The van der Waals surface area contributed by atoms with Gasteiger partial charge in [0.25, 0.3) is 6.02 Å². The molecule has 1 aliphatic rings. The summed E-state index contributed by atoms with van der Waals surface area (Å²) in [7, 11) is 0. The maximum Gasteiger partial charge on any atom is 0.290 e. The lowest BCUT2D eigenvalue weighted by atomic mass is 10.1. The quantitative estimate of drug-likeness (QED) is 0.827. The highest BCUT2D eigenvalue weighted by Gasteiger charge is 2.19. The lowest BCUT2D eigenvalue weighted by Gasteiger charge is -2.24. The highest BCUT2D eigenvalue weighted by Crippen LogP contribution is 2.19. The van der Waals surface area contributed by atoms with Gasteiger partial charge in [0.1, 0.15) is 6.61 Å². The predicted molar refractivity (Wildman–Crippen MR) is 73.1 cm³/mol. The van der Waals surface area contributed by atoms with E-state index in [0.29, 0.717) is 12.6 Å². The van der Waals surface area contributed by atoms with E-state index in [1.165, 1.54) is 0 Å². The van der Waals surface area contributed by atoms with Gasteiger partial charge in [0, 0.05) is 18.0 Å². The van der Waals surface area contributed by atoms with Crippen LogP contribution in [0.2, 0.25) is 0 Å². The molecule has 0 aromatic carbocycles. The van der Waals surface area contributed by atoms with Crippen LogP contribution in [0.4, 0.5) is 0 Å². The Morgan fingerprint density at radius 2 is 2.17 bits per heavy atom. The fourth-order valence-corrected chi connectivity index (χ4v) is 1.69. The zero-order chi connectivity index (χ0) is 13.2. The van der Waals surface area contributed by atoms with E-state index >= 15 is 0 Å². The Balaban J connectivity index is 2.28. The van der Waals surface area contributed by atoms with E-state index in [1.807, 2.05) is 46.0 Å². The van der Waals surface area contributed by atoms with Crippen molar-refractivity contribution in [3.63, 3.8) is 0 Å². The maximum atomic E-state index is 5.58. The first-order valence-electron chi connectivity index (χ1n) is 6.05. The average Bonchev–Trinajstić information content (AvgIpc) is 2.31. The van der Waals surface area contributed by atoms with Crippen molar-refractivity contribution < 1.29 is 4.74 Å². The minimum Gasteiger partial charge on any atom is -0.460 e. The van der Waals surface area contributed by atoms with Gasteiger partial charge in [0.05, 0.1) is 11.2 Å². The Hall–Kier alpha value is -1.84. The molecule has 1 aromatic rings. The molecule has 4 nitrogen and oxygen atoms in total. The predicted octanol–water partition coefficient (Wildman–Crippen LogP) is 2.59. The Bertz CT molecular complexity index is 484. The molecule has 96 valence electrons. The van der Waals surface area contributed by atoms with Gasteiger partial charge in [-0.3, -0.25) is 4.98 Å². The zero-order valence-electron chi connectivity index (χ0n) is 11.3. The summed E-state index contributed by atoms with van der Waals surface area (Å²) in [5, 5.41) is 3.24. The molecule has 4 heteroatoms. The summed E-state index contributed by atoms with van der Waals surface area (Å²) in [4.78, 5) is 8.65. The normalized spacial score (nSPS) is 18.6. The fraction of sp³-hybridized carbons (Fsp3) is 0.429. The first kappa shape index (κ1) is 12.6. The molecule has 1 aromatic heterocycles. The monoisotopic (exact) mass is 245 g/mol. The van der Waals surface area contributed by atoms with Crippen LogP contribution in [-0.4, -0.2) is 23.2 Å². The first-order valence-corrected chi connectivity index (χ1v) is 6.05. The van der Waals surface area contributed by atoms with Gasteiger partial charge in [-0.2, -0.15) is 0 Å². The van der Waals surface area contributed by atoms with Crippen molar-refractivity contribution in [2.75, 3.05) is 6.61 Å². The highest BCUT2D eigenvalue weighted by molar-refractivity contribution is 5.88. The van der Waals surface area contributed by atoms with Crippen LogP contribution in [0.5, 0.6) is 0 Å². The van der Waals surface area contributed by atoms with Crippen molar-refractivity contribution in [2.45, 2.75) is 33.2 Å². The lowest BCUT2D eigenvalue weighted by molar-refractivity contribution is 0.311. The number of pyridine rings is 1. The molecule has 0 saturated carbocycles. The summed E-state index contributed by atoms with van der Waals surface area (Å²) in [5.41, 5.74) is 3.08. The van der Waals surface area contributed by atoms with Gasteiger partial charge in [0.15, 0.2) is 0 Å². The van der Waals surface area contributed by atoms with Crippen LogP contribution in [0.3, 0.4) is 0 Å². The third-order valence-corrected chi connectivity index (χ3v) is 2.47. The molecule has 1 N–H and O–H groups in total.